The lowest BCUT2D eigenvalue weighted by atomic mass is 9.93. The Labute approximate surface area is 82.0 Å². The lowest BCUT2D eigenvalue weighted by Crippen LogP contribution is -2.09. The summed E-state index contributed by atoms with van der Waals surface area (Å²) in [6.45, 7) is 2.36. The normalized spacial score (nSPS) is 11.1. The van der Waals surface area contributed by atoms with Crippen molar-refractivity contribution in [1.82, 2.24) is 0 Å². The van der Waals surface area contributed by atoms with Crippen molar-refractivity contribution in [3.05, 3.63) is 5.92 Å². The van der Waals surface area contributed by atoms with Crippen LogP contribution in [0, 0.1) is 5.92 Å². The predicted octanol–water partition coefficient (Wildman–Crippen LogP) is 0.778. The summed E-state index contributed by atoms with van der Waals surface area (Å²) in [7, 11) is 0. The first-order valence-electron chi connectivity index (χ1n) is 5.29. The molecule has 0 aromatic rings. The first-order chi connectivity index (χ1) is 6.35. The Kier molecular flexibility index (Phi) is 9.87. The van der Waals surface area contributed by atoms with E-state index < -0.39 is 0 Å². The second-order valence-electron chi connectivity index (χ2n) is 3.43. The van der Waals surface area contributed by atoms with E-state index in [-0.39, 0.29) is 0 Å². The van der Waals surface area contributed by atoms with Crippen molar-refractivity contribution < 1.29 is 0 Å². The van der Waals surface area contributed by atoms with Crippen molar-refractivity contribution in [2.75, 3.05) is 19.6 Å². The summed E-state index contributed by atoms with van der Waals surface area (Å²) < 4.78 is 0. The average Bonchev–Trinajstić information content (AvgIpc) is 2.17. The van der Waals surface area contributed by atoms with Gasteiger partial charge in [-0.15, -0.1) is 0 Å². The summed E-state index contributed by atoms with van der Waals surface area (Å²) in [6, 6.07) is 0. The van der Waals surface area contributed by atoms with E-state index in [0.29, 0.717) is 0 Å². The average molecular weight is 186 g/mol. The summed E-state index contributed by atoms with van der Waals surface area (Å²) in [4.78, 5) is 0. The van der Waals surface area contributed by atoms with Crippen LogP contribution in [0.3, 0.4) is 0 Å². The molecule has 0 saturated carbocycles. The number of hydrogen-bond acceptors (Lipinski definition) is 3. The van der Waals surface area contributed by atoms with Gasteiger partial charge in [0.15, 0.2) is 0 Å². The van der Waals surface area contributed by atoms with Gasteiger partial charge in [0.05, 0.1) is 0 Å². The van der Waals surface area contributed by atoms with Gasteiger partial charge in [-0.05, 0) is 64.1 Å². The van der Waals surface area contributed by atoms with Crippen molar-refractivity contribution in [3.63, 3.8) is 0 Å². The highest BCUT2D eigenvalue weighted by Crippen LogP contribution is 2.20. The third-order valence-electron chi connectivity index (χ3n) is 2.20. The Morgan fingerprint density at radius 2 is 0.923 bits per heavy atom. The highest BCUT2D eigenvalue weighted by molar-refractivity contribution is 4.89. The minimum atomic E-state index is 0.786. The second kappa shape index (κ2) is 9.96. The second-order valence-corrected chi connectivity index (χ2v) is 3.43. The van der Waals surface area contributed by atoms with E-state index in [2.05, 4.69) is 0 Å². The molecular weight excluding hydrogens is 162 g/mol. The van der Waals surface area contributed by atoms with Crippen molar-refractivity contribution in [1.29, 1.82) is 0 Å². The van der Waals surface area contributed by atoms with Crippen LogP contribution < -0.4 is 17.2 Å². The van der Waals surface area contributed by atoms with Gasteiger partial charge in [0, 0.05) is 0 Å². The van der Waals surface area contributed by atoms with Crippen LogP contribution in [0.4, 0.5) is 0 Å². The molecule has 0 fully saturated rings. The Hall–Kier alpha value is -0.120. The predicted molar refractivity (Wildman–Crippen MR) is 58.1 cm³/mol. The molecule has 0 spiro atoms. The van der Waals surface area contributed by atoms with Crippen LogP contribution in [0.5, 0.6) is 0 Å². The zero-order chi connectivity index (χ0) is 9.94. The number of rotatable bonds is 9. The van der Waals surface area contributed by atoms with Gasteiger partial charge in [0.1, 0.15) is 0 Å². The van der Waals surface area contributed by atoms with E-state index in [0.717, 1.165) is 58.2 Å². The van der Waals surface area contributed by atoms with Crippen molar-refractivity contribution in [3.8, 4) is 0 Å². The maximum atomic E-state index is 5.47. The number of hydrogen-bond donors (Lipinski definition) is 3. The van der Waals surface area contributed by atoms with Crippen LogP contribution in [0.15, 0.2) is 0 Å². The lowest BCUT2D eigenvalue weighted by molar-refractivity contribution is 0.590. The number of nitrogens with two attached hydrogens (primary N) is 3. The molecule has 0 rings (SSSR count). The summed E-state index contributed by atoms with van der Waals surface area (Å²) in [5, 5.41) is 0. The van der Waals surface area contributed by atoms with Gasteiger partial charge in [-0.2, -0.15) is 0 Å². The molecule has 0 unspecified atom stereocenters. The monoisotopic (exact) mass is 186 g/mol. The fraction of sp³-hybridized carbons (Fsp3) is 0.900. The van der Waals surface area contributed by atoms with E-state index in [1.807, 2.05) is 0 Å². The Balaban J connectivity index is 3.47. The molecule has 0 aliphatic heterocycles. The van der Waals surface area contributed by atoms with Crippen LogP contribution in [0.2, 0.25) is 0 Å². The van der Waals surface area contributed by atoms with E-state index in [1.165, 1.54) is 0 Å². The molecule has 0 saturated heterocycles. The zero-order valence-corrected chi connectivity index (χ0v) is 8.60. The lowest BCUT2D eigenvalue weighted by Gasteiger charge is -2.14. The Bertz CT molecular complexity index is 77.2. The minimum Gasteiger partial charge on any atom is -0.330 e. The van der Waals surface area contributed by atoms with Gasteiger partial charge in [0.2, 0.25) is 0 Å². The van der Waals surface area contributed by atoms with Crippen LogP contribution in [-0.2, 0) is 0 Å². The van der Waals surface area contributed by atoms with Gasteiger partial charge in [0.25, 0.3) is 0 Å². The quantitative estimate of drug-likeness (QED) is 0.498. The van der Waals surface area contributed by atoms with E-state index >= 15 is 0 Å². The smallest absolute Gasteiger partial charge is 0.00771 e. The molecule has 0 aliphatic carbocycles. The topological polar surface area (TPSA) is 78.1 Å². The molecule has 0 amide bonds. The maximum absolute atomic E-state index is 5.47. The first kappa shape index (κ1) is 12.9. The van der Waals surface area contributed by atoms with Gasteiger partial charge in [-0.3, -0.25) is 0 Å². The summed E-state index contributed by atoms with van der Waals surface area (Å²) in [5.74, 6) is 1.60. The highest BCUT2D eigenvalue weighted by atomic mass is 14.5. The van der Waals surface area contributed by atoms with Gasteiger partial charge in [-0.1, -0.05) is 0 Å². The van der Waals surface area contributed by atoms with Crippen molar-refractivity contribution in [2.45, 2.75) is 38.5 Å². The molecule has 6 N–H and O–H groups in total. The van der Waals surface area contributed by atoms with E-state index in [4.69, 9.17) is 17.2 Å². The van der Waals surface area contributed by atoms with E-state index in [1.54, 1.807) is 5.92 Å². The molecule has 79 valence electrons. The summed E-state index contributed by atoms with van der Waals surface area (Å²) in [6.07, 6.45) is 6.79. The van der Waals surface area contributed by atoms with Crippen LogP contribution >= 0.6 is 0 Å². The SMILES string of the molecule is NCCC[C](CCCN)CCCN. The molecule has 0 bridgehead atoms. The van der Waals surface area contributed by atoms with Crippen molar-refractivity contribution in [2.24, 2.45) is 17.2 Å². The molecular formula is C10H24N3. The first-order valence-corrected chi connectivity index (χ1v) is 5.29. The molecule has 0 aliphatic rings. The highest BCUT2D eigenvalue weighted by Gasteiger charge is 2.07. The van der Waals surface area contributed by atoms with Crippen LogP contribution in [0.25, 0.3) is 0 Å². The van der Waals surface area contributed by atoms with E-state index in [9.17, 15) is 0 Å². The third-order valence-corrected chi connectivity index (χ3v) is 2.20. The molecule has 3 nitrogen and oxygen atoms in total. The molecule has 0 aromatic carbocycles. The van der Waals surface area contributed by atoms with Crippen LogP contribution in [0.1, 0.15) is 38.5 Å². The Morgan fingerprint density at radius 1 is 0.615 bits per heavy atom. The largest absolute Gasteiger partial charge is 0.330 e. The maximum Gasteiger partial charge on any atom is -0.00771 e. The van der Waals surface area contributed by atoms with Gasteiger partial charge >= 0.3 is 0 Å². The molecule has 1 radical (unpaired) electrons. The standard InChI is InChI=1S/C10H24N3/c11-7-1-4-10(5-2-8-12)6-3-9-13/h1-9,11-13H2. The van der Waals surface area contributed by atoms with Gasteiger partial charge in [-0.25, -0.2) is 0 Å². The minimum absolute atomic E-state index is 0.786. The summed E-state index contributed by atoms with van der Waals surface area (Å²) in [5.41, 5.74) is 16.4. The third kappa shape index (κ3) is 8.22. The molecule has 0 heterocycles. The zero-order valence-electron chi connectivity index (χ0n) is 8.60. The fourth-order valence-corrected chi connectivity index (χ4v) is 1.43. The molecule has 0 aromatic heterocycles. The fourth-order valence-electron chi connectivity index (χ4n) is 1.43. The van der Waals surface area contributed by atoms with Gasteiger partial charge < -0.3 is 17.2 Å². The summed E-state index contributed by atoms with van der Waals surface area (Å²) >= 11 is 0. The van der Waals surface area contributed by atoms with Crippen molar-refractivity contribution >= 4 is 0 Å². The molecule has 3 heteroatoms. The van der Waals surface area contributed by atoms with Crippen LogP contribution in [-0.4, -0.2) is 19.6 Å². The Morgan fingerprint density at radius 3 is 1.15 bits per heavy atom. The molecule has 13 heavy (non-hydrogen) atoms. The molecule has 0 atom stereocenters.